The quantitative estimate of drug-likeness (QED) is 0.633. The molecular weight excluding hydrogens is 298 g/mol. The van der Waals surface area contributed by atoms with Crippen LogP contribution in [0.25, 0.3) is 0 Å². The fraction of sp³-hybridized carbons (Fsp3) is 0.571. The van der Waals surface area contributed by atoms with E-state index in [2.05, 4.69) is 0 Å². The Morgan fingerprint density at radius 1 is 1.43 bits per heavy atom. The van der Waals surface area contributed by atoms with Crippen molar-refractivity contribution in [3.63, 3.8) is 0 Å². The van der Waals surface area contributed by atoms with Crippen LogP contribution in [0.4, 0.5) is 5.69 Å². The van der Waals surface area contributed by atoms with E-state index in [0.717, 1.165) is 6.42 Å². The van der Waals surface area contributed by atoms with Crippen molar-refractivity contribution in [2.24, 2.45) is 0 Å². The van der Waals surface area contributed by atoms with Crippen LogP contribution < -0.4 is 4.74 Å². The van der Waals surface area contributed by atoms with Gasteiger partial charge in [-0.1, -0.05) is 11.6 Å². The standard InChI is InChI=1S/C14H16ClNO5/c15-10-1-2-12(16(17)18)13(7-10)21-11-3-5-20-14(8-11)4-6-19-9-14/h1-2,7,11H,3-6,8-9H2. The SMILES string of the molecule is O=[N+]([O-])c1ccc(Cl)cc1OC1CCOC2(CCOC2)C1. The summed E-state index contributed by atoms with van der Waals surface area (Å²) in [6.45, 7) is 1.82. The Kier molecular flexibility index (Phi) is 4.01. The molecule has 1 spiro atoms. The van der Waals surface area contributed by atoms with Gasteiger partial charge in [0.25, 0.3) is 0 Å². The number of hydrogen-bond acceptors (Lipinski definition) is 5. The summed E-state index contributed by atoms with van der Waals surface area (Å²) in [6.07, 6.45) is 2.09. The Labute approximate surface area is 127 Å². The first kappa shape index (κ1) is 14.6. The molecule has 7 heteroatoms. The summed E-state index contributed by atoms with van der Waals surface area (Å²) in [5, 5.41) is 11.5. The molecule has 2 fully saturated rings. The van der Waals surface area contributed by atoms with Crippen LogP contribution in [0.1, 0.15) is 19.3 Å². The number of ether oxygens (including phenoxy) is 3. The molecule has 1 aromatic carbocycles. The maximum Gasteiger partial charge on any atom is 0.311 e. The fourth-order valence-corrected chi connectivity index (χ4v) is 3.02. The van der Waals surface area contributed by atoms with Gasteiger partial charge in [0.05, 0.1) is 23.7 Å². The minimum absolute atomic E-state index is 0.0670. The number of nitro groups is 1. The Morgan fingerprint density at radius 2 is 2.29 bits per heavy atom. The minimum Gasteiger partial charge on any atom is -0.483 e. The maximum absolute atomic E-state index is 11.1. The van der Waals surface area contributed by atoms with E-state index in [1.807, 2.05) is 0 Å². The van der Waals surface area contributed by atoms with Gasteiger partial charge in [-0.05, 0) is 6.07 Å². The van der Waals surface area contributed by atoms with E-state index in [-0.39, 0.29) is 23.1 Å². The van der Waals surface area contributed by atoms with Crippen molar-refractivity contribution < 1.29 is 19.1 Å². The second-order valence-electron chi connectivity index (χ2n) is 5.44. The van der Waals surface area contributed by atoms with Crippen molar-refractivity contribution >= 4 is 17.3 Å². The summed E-state index contributed by atoms with van der Waals surface area (Å²) < 4.78 is 17.1. The average molecular weight is 314 g/mol. The average Bonchev–Trinajstić information content (AvgIpc) is 2.86. The molecule has 0 radical (unpaired) electrons. The monoisotopic (exact) mass is 313 g/mol. The predicted octanol–water partition coefficient (Wildman–Crippen LogP) is 2.97. The topological polar surface area (TPSA) is 70.8 Å². The third-order valence-corrected chi connectivity index (χ3v) is 4.16. The maximum atomic E-state index is 11.1. The summed E-state index contributed by atoms with van der Waals surface area (Å²) in [7, 11) is 0. The van der Waals surface area contributed by atoms with Gasteiger partial charge in [-0.3, -0.25) is 10.1 Å². The molecule has 0 amide bonds. The molecule has 0 saturated carbocycles. The lowest BCUT2D eigenvalue weighted by atomic mass is 9.91. The second kappa shape index (κ2) is 5.79. The van der Waals surface area contributed by atoms with E-state index in [0.29, 0.717) is 37.7 Å². The summed E-state index contributed by atoms with van der Waals surface area (Å²) in [5.41, 5.74) is -0.362. The number of nitro benzene ring substituents is 1. The highest BCUT2D eigenvalue weighted by Gasteiger charge is 2.42. The van der Waals surface area contributed by atoms with Crippen molar-refractivity contribution in [1.82, 2.24) is 0 Å². The molecule has 6 nitrogen and oxygen atoms in total. The summed E-state index contributed by atoms with van der Waals surface area (Å²) >= 11 is 5.91. The number of hydrogen-bond donors (Lipinski definition) is 0. The van der Waals surface area contributed by atoms with Gasteiger partial charge in [0.2, 0.25) is 0 Å². The van der Waals surface area contributed by atoms with Crippen LogP contribution in [0.5, 0.6) is 5.75 Å². The molecule has 0 N–H and O–H groups in total. The predicted molar refractivity (Wildman–Crippen MR) is 75.9 cm³/mol. The molecule has 3 rings (SSSR count). The molecule has 2 aliphatic heterocycles. The number of halogens is 1. The van der Waals surface area contributed by atoms with Gasteiger partial charge in [0.15, 0.2) is 5.75 Å². The fourth-order valence-electron chi connectivity index (χ4n) is 2.86. The third kappa shape index (κ3) is 3.12. The molecule has 2 aliphatic rings. The largest absolute Gasteiger partial charge is 0.483 e. The van der Waals surface area contributed by atoms with Gasteiger partial charge in [-0.15, -0.1) is 0 Å². The van der Waals surface area contributed by atoms with Crippen LogP contribution in [-0.2, 0) is 9.47 Å². The Morgan fingerprint density at radius 3 is 3.00 bits per heavy atom. The summed E-state index contributed by atoms with van der Waals surface area (Å²) in [5.74, 6) is 0.216. The zero-order valence-corrected chi connectivity index (χ0v) is 12.2. The van der Waals surface area contributed by atoms with Crippen molar-refractivity contribution in [3.05, 3.63) is 33.3 Å². The lowest BCUT2D eigenvalue weighted by molar-refractivity contribution is -0.386. The Bertz CT molecular complexity index is 544. The first-order valence-corrected chi connectivity index (χ1v) is 7.28. The molecule has 114 valence electrons. The Balaban J connectivity index is 1.77. The van der Waals surface area contributed by atoms with Crippen LogP contribution in [0, 0.1) is 10.1 Å². The highest BCUT2D eigenvalue weighted by atomic mass is 35.5. The molecule has 2 unspecified atom stereocenters. The molecule has 0 aliphatic carbocycles. The van der Waals surface area contributed by atoms with Gasteiger partial charge in [-0.2, -0.15) is 0 Å². The van der Waals surface area contributed by atoms with Crippen molar-refractivity contribution in [1.29, 1.82) is 0 Å². The first-order chi connectivity index (χ1) is 10.1. The van der Waals surface area contributed by atoms with Crippen molar-refractivity contribution in [2.75, 3.05) is 19.8 Å². The van der Waals surface area contributed by atoms with Crippen LogP contribution in [-0.4, -0.2) is 36.4 Å². The Hall–Kier alpha value is -1.37. The smallest absolute Gasteiger partial charge is 0.311 e. The lowest BCUT2D eigenvalue weighted by Gasteiger charge is -2.36. The first-order valence-electron chi connectivity index (χ1n) is 6.90. The van der Waals surface area contributed by atoms with Gasteiger partial charge in [0.1, 0.15) is 6.10 Å². The van der Waals surface area contributed by atoms with Gasteiger partial charge >= 0.3 is 5.69 Å². The lowest BCUT2D eigenvalue weighted by Crippen LogP contribution is -2.44. The highest BCUT2D eigenvalue weighted by molar-refractivity contribution is 6.30. The molecule has 0 bridgehead atoms. The number of benzene rings is 1. The highest BCUT2D eigenvalue weighted by Crippen LogP contribution is 2.37. The van der Waals surface area contributed by atoms with Gasteiger partial charge in [-0.25, -0.2) is 0 Å². The summed E-state index contributed by atoms with van der Waals surface area (Å²) in [6, 6.07) is 4.35. The number of rotatable bonds is 3. The third-order valence-electron chi connectivity index (χ3n) is 3.93. The molecule has 1 aromatic rings. The summed E-state index contributed by atoms with van der Waals surface area (Å²) in [4.78, 5) is 10.6. The van der Waals surface area contributed by atoms with Crippen molar-refractivity contribution in [3.8, 4) is 5.75 Å². The van der Waals surface area contributed by atoms with Gasteiger partial charge in [0, 0.05) is 43.0 Å². The van der Waals surface area contributed by atoms with Crippen molar-refractivity contribution in [2.45, 2.75) is 31.0 Å². The van der Waals surface area contributed by atoms with E-state index < -0.39 is 4.92 Å². The minimum atomic E-state index is -0.459. The molecular formula is C14H16ClNO5. The van der Waals surface area contributed by atoms with Crippen LogP contribution in [0.3, 0.4) is 0 Å². The molecule has 2 saturated heterocycles. The van der Waals surface area contributed by atoms with E-state index >= 15 is 0 Å². The van der Waals surface area contributed by atoms with Crippen LogP contribution in [0.15, 0.2) is 18.2 Å². The van der Waals surface area contributed by atoms with Crippen LogP contribution in [0.2, 0.25) is 5.02 Å². The molecule has 0 aromatic heterocycles. The molecule has 2 heterocycles. The van der Waals surface area contributed by atoms with Crippen LogP contribution >= 0.6 is 11.6 Å². The normalized spacial score (nSPS) is 28.7. The van der Waals surface area contributed by atoms with Gasteiger partial charge < -0.3 is 14.2 Å². The van der Waals surface area contributed by atoms with E-state index in [9.17, 15) is 10.1 Å². The van der Waals surface area contributed by atoms with E-state index in [4.69, 9.17) is 25.8 Å². The number of nitrogens with zero attached hydrogens (tertiary/aromatic N) is 1. The zero-order valence-electron chi connectivity index (χ0n) is 11.4. The van der Waals surface area contributed by atoms with E-state index in [1.165, 1.54) is 18.2 Å². The second-order valence-corrected chi connectivity index (χ2v) is 5.87. The molecule has 21 heavy (non-hydrogen) atoms. The molecule has 2 atom stereocenters. The van der Waals surface area contributed by atoms with E-state index in [1.54, 1.807) is 0 Å². The zero-order chi connectivity index (χ0) is 14.9.